The summed E-state index contributed by atoms with van der Waals surface area (Å²) < 4.78 is 14.1. The Kier molecular flexibility index (Phi) is 5.98. The molecular formula is C13H23BrN4O2. The first-order valence-electron chi connectivity index (χ1n) is 6.85. The van der Waals surface area contributed by atoms with Gasteiger partial charge in [0.15, 0.2) is 0 Å². The Morgan fingerprint density at radius 1 is 1.65 bits per heavy atom. The Morgan fingerprint density at radius 2 is 2.45 bits per heavy atom. The van der Waals surface area contributed by atoms with Crippen molar-refractivity contribution in [3.63, 3.8) is 0 Å². The molecule has 2 unspecified atom stereocenters. The van der Waals surface area contributed by atoms with Crippen LogP contribution in [0.4, 0.5) is 0 Å². The molecule has 1 aromatic rings. The van der Waals surface area contributed by atoms with Crippen LogP contribution < -0.4 is 5.32 Å². The van der Waals surface area contributed by atoms with Crippen LogP contribution in [-0.4, -0.2) is 68.3 Å². The van der Waals surface area contributed by atoms with E-state index >= 15 is 0 Å². The highest BCUT2D eigenvalue weighted by Crippen LogP contribution is 2.28. The first kappa shape index (κ1) is 15.9. The third-order valence-corrected chi connectivity index (χ3v) is 4.23. The van der Waals surface area contributed by atoms with Gasteiger partial charge in [-0.15, -0.1) is 0 Å². The second-order valence-electron chi connectivity index (χ2n) is 5.03. The summed E-state index contributed by atoms with van der Waals surface area (Å²) in [4.78, 5) is 2.29. The molecule has 1 aliphatic heterocycles. The first-order chi connectivity index (χ1) is 9.67. The number of likely N-dealkylation sites (N-methyl/N-ethyl adjacent to an activating group) is 2. The number of halogens is 1. The summed E-state index contributed by atoms with van der Waals surface area (Å²) in [6, 6.07) is 0.103. The fraction of sp³-hybridized carbons (Fsp3) is 0.769. The zero-order valence-corrected chi connectivity index (χ0v) is 13.9. The average Bonchev–Trinajstić information content (AvgIpc) is 2.79. The molecule has 2 atom stereocenters. The zero-order chi connectivity index (χ0) is 14.5. The Hall–Kier alpha value is -0.470. The highest BCUT2D eigenvalue weighted by Gasteiger charge is 2.30. The number of hydrogen-bond acceptors (Lipinski definition) is 5. The van der Waals surface area contributed by atoms with Crippen LogP contribution in [0, 0.1) is 0 Å². The van der Waals surface area contributed by atoms with Gasteiger partial charge in [0.05, 0.1) is 48.3 Å². The van der Waals surface area contributed by atoms with Crippen molar-refractivity contribution < 1.29 is 9.47 Å². The molecule has 1 aromatic heterocycles. The van der Waals surface area contributed by atoms with Crippen LogP contribution in [0.1, 0.15) is 11.7 Å². The number of rotatable bonds is 6. The number of nitrogens with zero attached hydrogens (tertiary/aromatic N) is 3. The van der Waals surface area contributed by atoms with Crippen LogP contribution >= 0.6 is 15.9 Å². The molecule has 114 valence electrons. The molecule has 7 heteroatoms. The molecule has 6 nitrogen and oxygen atoms in total. The highest BCUT2D eigenvalue weighted by molar-refractivity contribution is 9.10. The van der Waals surface area contributed by atoms with Gasteiger partial charge in [0, 0.05) is 20.2 Å². The molecule has 1 fully saturated rings. The average molecular weight is 347 g/mol. The standard InChI is InChI=1S/C13H23BrN4O2/c1-15-12(11-9-17(2)4-7-20-11)13-10(14)8-16-18(13)5-6-19-3/h8,11-12,15H,4-7,9H2,1-3H3. The highest BCUT2D eigenvalue weighted by atomic mass is 79.9. The SMILES string of the molecule is CNC(c1c(Br)cnn1CCOC)C1CN(C)CCO1. The molecule has 0 spiro atoms. The number of ether oxygens (including phenoxy) is 2. The maximum atomic E-state index is 5.94. The zero-order valence-electron chi connectivity index (χ0n) is 12.3. The van der Waals surface area contributed by atoms with E-state index in [9.17, 15) is 0 Å². The summed E-state index contributed by atoms with van der Waals surface area (Å²) in [6.45, 7) is 4.04. The lowest BCUT2D eigenvalue weighted by Gasteiger charge is -2.35. The summed E-state index contributed by atoms with van der Waals surface area (Å²) in [5, 5.41) is 7.79. The molecule has 20 heavy (non-hydrogen) atoms. The maximum absolute atomic E-state index is 5.94. The molecule has 0 bridgehead atoms. The second kappa shape index (κ2) is 7.51. The summed E-state index contributed by atoms with van der Waals surface area (Å²) >= 11 is 3.60. The lowest BCUT2D eigenvalue weighted by atomic mass is 10.1. The van der Waals surface area contributed by atoms with Crippen LogP contribution in [0.25, 0.3) is 0 Å². The molecule has 1 saturated heterocycles. The van der Waals surface area contributed by atoms with Crippen molar-refractivity contribution in [2.75, 3.05) is 47.5 Å². The molecule has 1 N–H and O–H groups in total. The van der Waals surface area contributed by atoms with E-state index in [0.29, 0.717) is 6.61 Å². The third kappa shape index (κ3) is 3.59. The minimum atomic E-state index is 0.103. The topological polar surface area (TPSA) is 51.5 Å². The van der Waals surface area contributed by atoms with E-state index in [1.807, 2.05) is 17.9 Å². The molecule has 1 aliphatic rings. The lowest BCUT2D eigenvalue weighted by molar-refractivity contribution is -0.0397. The first-order valence-corrected chi connectivity index (χ1v) is 7.64. The number of morpholine rings is 1. The van der Waals surface area contributed by atoms with E-state index in [1.54, 1.807) is 7.11 Å². The van der Waals surface area contributed by atoms with E-state index in [4.69, 9.17) is 9.47 Å². The van der Waals surface area contributed by atoms with Gasteiger partial charge >= 0.3 is 0 Å². The normalized spacial score (nSPS) is 22.1. The van der Waals surface area contributed by atoms with Crippen molar-refractivity contribution in [3.05, 3.63) is 16.4 Å². The predicted molar refractivity (Wildman–Crippen MR) is 80.8 cm³/mol. The smallest absolute Gasteiger partial charge is 0.0912 e. The molecule has 0 aliphatic carbocycles. The fourth-order valence-electron chi connectivity index (χ4n) is 2.55. The fourth-order valence-corrected chi connectivity index (χ4v) is 3.09. The Morgan fingerprint density at radius 3 is 3.10 bits per heavy atom. The van der Waals surface area contributed by atoms with Gasteiger partial charge in [0.25, 0.3) is 0 Å². The van der Waals surface area contributed by atoms with E-state index in [0.717, 1.165) is 36.4 Å². The van der Waals surface area contributed by atoms with Gasteiger partial charge < -0.3 is 19.7 Å². The minimum Gasteiger partial charge on any atom is -0.383 e. The van der Waals surface area contributed by atoms with Crippen molar-refractivity contribution in [2.24, 2.45) is 0 Å². The molecule has 0 saturated carbocycles. The quantitative estimate of drug-likeness (QED) is 0.828. The monoisotopic (exact) mass is 346 g/mol. The van der Waals surface area contributed by atoms with Crippen molar-refractivity contribution in [1.82, 2.24) is 20.0 Å². The van der Waals surface area contributed by atoms with Crippen LogP contribution in [0.3, 0.4) is 0 Å². The number of nitrogens with one attached hydrogen (secondary N) is 1. The van der Waals surface area contributed by atoms with E-state index in [-0.39, 0.29) is 12.1 Å². The van der Waals surface area contributed by atoms with Crippen molar-refractivity contribution >= 4 is 15.9 Å². The Bertz CT molecular complexity index is 427. The van der Waals surface area contributed by atoms with Gasteiger partial charge in [-0.2, -0.15) is 5.10 Å². The third-order valence-electron chi connectivity index (χ3n) is 3.61. The molecule has 0 aromatic carbocycles. The summed E-state index contributed by atoms with van der Waals surface area (Å²) in [5.74, 6) is 0. The van der Waals surface area contributed by atoms with Crippen molar-refractivity contribution in [2.45, 2.75) is 18.7 Å². The maximum Gasteiger partial charge on any atom is 0.0912 e. The lowest BCUT2D eigenvalue weighted by Crippen LogP contribution is -2.46. The molecule has 0 amide bonds. The van der Waals surface area contributed by atoms with Gasteiger partial charge in [0.2, 0.25) is 0 Å². The van der Waals surface area contributed by atoms with E-state index in [2.05, 4.69) is 38.3 Å². The Labute approximate surface area is 128 Å². The number of hydrogen-bond donors (Lipinski definition) is 1. The molecule has 2 rings (SSSR count). The van der Waals surface area contributed by atoms with Crippen molar-refractivity contribution in [1.29, 1.82) is 0 Å². The van der Waals surface area contributed by atoms with Gasteiger partial charge in [-0.3, -0.25) is 4.68 Å². The summed E-state index contributed by atoms with van der Waals surface area (Å²) in [5.41, 5.74) is 1.12. The Balaban J connectivity index is 2.19. The van der Waals surface area contributed by atoms with Gasteiger partial charge in [0.1, 0.15) is 0 Å². The van der Waals surface area contributed by atoms with Crippen LogP contribution in [-0.2, 0) is 16.0 Å². The molecular weight excluding hydrogens is 324 g/mol. The summed E-state index contributed by atoms with van der Waals surface area (Å²) in [7, 11) is 5.79. The van der Waals surface area contributed by atoms with E-state index in [1.165, 1.54) is 0 Å². The van der Waals surface area contributed by atoms with Crippen LogP contribution in [0.15, 0.2) is 10.7 Å². The molecule has 0 radical (unpaired) electrons. The van der Waals surface area contributed by atoms with Crippen LogP contribution in [0.2, 0.25) is 0 Å². The number of aromatic nitrogens is 2. The number of methoxy groups -OCH3 is 1. The predicted octanol–water partition coefficient (Wildman–Crippen LogP) is 0.883. The molecule has 2 heterocycles. The largest absolute Gasteiger partial charge is 0.383 e. The second-order valence-corrected chi connectivity index (χ2v) is 5.89. The summed E-state index contributed by atoms with van der Waals surface area (Å²) in [6.07, 6.45) is 1.95. The van der Waals surface area contributed by atoms with Gasteiger partial charge in [-0.25, -0.2) is 0 Å². The van der Waals surface area contributed by atoms with E-state index < -0.39 is 0 Å². The van der Waals surface area contributed by atoms with Gasteiger partial charge in [-0.1, -0.05) is 0 Å². The minimum absolute atomic E-state index is 0.103. The van der Waals surface area contributed by atoms with Crippen LogP contribution in [0.5, 0.6) is 0 Å². The van der Waals surface area contributed by atoms with Gasteiger partial charge in [-0.05, 0) is 30.0 Å². The van der Waals surface area contributed by atoms with Crippen molar-refractivity contribution in [3.8, 4) is 0 Å².